The molecule has 2 aliphatic carbocycles. The Morgan fingerprint density at radius 1 is 1.10 bits per heavy atom. The third-order valence-electron chi connectivity index (χ3n) is 4.05. The van der Waals surface area contributed by atoms with E-state index in [1.807, 2.05) is 31.2 Å². The quantitative estimate of drug-likeness (QED) is 0.762. The number of benzene rings is 1. The third kappa shape index (κ3) is 3.53. The predicted molar refractivity (Wildman–Crippen MR) is 79.0 cm³/mol. The number of nitrogens with zero attached hydrogens (tertiary/aromatic N) is 1. The van der Waals surface area contributed by atoms with Gasteiger partial charge < -0.3 is 9.64 Å². The monoisotopic (exact) mass is 273 g/mol. The number of ether oxygens (including phenoxy) is 1. The molecular formula is C17H23NO2. The van der Waals surface area contributed by atoms with Crippen molar-refractivity contribution >= 4 is 5.91 Å². The van der Waals surface area contributed by atoms with Gasteiger partial charge in [-0.3, -0.25) is 4.79 Å². The third-order valence-corrected chi connectivity index (χ3v) is 4.05. The molecule has 0 unspecified atom stereocenters. The van der Waals surface area contributed by atoms with Crippen molar-refractivity contribution in [1.82, 2.24) is 4.90 Å². The van der Waals surface area contributed by atoms with Gasteiger partial charge in [-0.1, -0.05) is 0 Å². The van der Waals surface area contributed by atoms with Crippen LogP contribution in [0.1, 0.15) is 43.0 Å². The Labute approximate surface area is 120 Å². The van der Waals surface area contributed by atoms with Crippen molar-refractivity contribution in [2.45, 2.75) is 32.6 Å². The molecule has 3 rings (SSSR count). The smallest absolute Gasteiger partial charge is 0.253 e. The van der Waals surface area contributed by atoms with Crippen LogP contribution in [0, 0.1) is 11.8 Å². The summed E-state index contributed by atoms with van der Waals surface area (Å²) in [6.45, 7) is 4.51. The van der Waals surface area contributed by atoms with Crippen molar-refractivity contribution in [3.63, 3.8) is 0 Å². The van der Waals surface area contributed by atoms with Gasteiger partial charge in [0.15, 0.2) is 0 Å². The topological polar surface area (TPSA) is 29.5 Å². The molecule has 0 heterocycles. The van der Waals surface area contributed by atoms with Crippen LogP contribution in [0.3, 0.4) is 0 Å². The molecule has 0 aromatic heterocycles. The molecule has 2 fully saturated rings. The van der Waals surface area contributed by atoms with E-state index in [2.05, 4.69) is 4.90 Å². The molecule has 3 nitrogen and oxygen atoms in total. The highest BCUT2D eigenvalue weighted by atomic mass is 16.5. The molecule has 2 saturated carbocycles. The highest BCUT2D eigenvalue weighted by Gasteiger charge is 2.31. The first-order valence-corrected chi connectivity index (χ1v) is 7.78. The summed E-state index contributed by atoms with van der Waals surface area (Å²) in [5.74, 6) is 2.52. The molecule has 1 amide bonds. The zero-order chi connectivity index (χ0) is 13.9. The van der Waals surface area contributed by atoms with Gasteiger partial charge in [0.1, 0.15) is 5.75 Å². The van der Waals surface area contributed by atoms with Crippen LogP contribution in [0.25, 0.3) is 0 Å². The summed E-state index contributed by atoms with van der Waals surface area (Å²) in [5, 5.41) is 0. The SMILES string of the molecule is CCOc1ccc(C(=O)N(CC2CC2)CC2CC2)cc1. The van der Waals surface area contributed by atoms with Crippen molar-refractivity contribution in [2.24, 2.45) is 11.8 Å². The predicted octanol–water partition coefficient (Wildman–Crippen LogP) is 3.35. The van der Waals surface area contributed by atoms with E-state index in [-0.39, 0.29) is 5.91 Å². The molecule has 0 spiro atoms. The van der Waals surface area contributed by atoms with E-state index < -0.39 is 0 Å². The highest BCUT2D eigenvalue weighted by Crippen LogP contribution is 2.34. The van der Waals surface area contributed by atoms with E-state index in [1.165, 1.54) is 25.7 Å². The van der Waals surface area contributed by atoms with Crippen LogP contribution in [0.4, 0.5) is 0 Å². The van der Waals surface area contributed by atoms with Crippen LogP contribution < -0.4 is 4.74 Å². The Bertz CT molecular complexity index is 446. The maximum atomic E-state index is 12.6. The summed E-state index contributed by atoms with van der Waals surface area (Å²) in [7, 11) is 0. The molecule has 20 heavy (non-hydrogen) atoms. The molecule has 1 aromatic carbocycles. The Balaban J connectivity index is 1.66. The molecular weight excluding hydrogens is 250 g/mol. The molecule has 0 atom stereocenters. The minimum Gasteiger partial charge on any atom is -0.494 e. The van der Waals surface area contributed by atoms with E-state index in [0.29, 0.717) is 6.61 Å². The molecule has 0 aliphatic heterocycles. The summed E-state index contributed by atoms with van der Waals surface area (Å²) in [6, 6.07) is 7.56. The van der Waals surface area contributed by atoms with Crippen molar-refractivity contribution in [3.8, 4) is 5.75 Å². The molecule has 1 aromatic rings. The fourth-order valence-electron chi connectivity index (χ4n) is 2.51. The molecule has 0 N–H and O–H groups in total. The molecule has 108 valence electrons. The van der Waals surface area contributed by atoms with Gasteiger partial charge in [0.05, 0.1) is 6.61 Å². The fraction of sp³-hybridized carbons (Fsp3) is 0.588. The summed E-state index contributed by atoms with van der Waals surface area (Å²) < 4.78 is 5.43. The number of carbonyl (C=O) groups excluding carboxylic acids is 1. The number of hydrogen-bond donors (Lipinski definition) is 0. The molecule has 0 saturated heterocycles. The van der Waals surface area contributed by atoms with Crippen molar-refractivity contribution in [2.75, 3.05) is 19.7 Å². The van der Waals surface area contributed by atoms with Crippen LogP contribution in [0.5, 0.6) is 5.75 Å². The zero-order valence-electron chi connectivity index (χ0n) is 12.2. The summed E-state index contributed by atoms with van der Waals surface area (Å²) in [6.07, 6.45) is 5.16. The first-order valence-electron chi connectivity index (χ1n) is 7.78. The minimum atomic E-state index is 0.187. The number of carbonyl (C=O) groups is 1. The summed E-state index contributed by atoms with van der Waals surface area (Å²) >= 11 is 0. The van der Waals surface area contributed by atoms with Crippen LogP contribution in [0.15, 0.2) is 24.3 Å². The van der Waals surface area contributed by atoms with E-state index >= 15 is 0 Å². The Morgan fingerprint density at radius 3 is 2.10 bits per heavy atom. The first-order chi connectivity index (χ1) is 9.76. The number of amides is 1. The van der Waals surface area contributed by atoms with Gasteiger partial charge in [0.25, 0.3) is 5.91 Å². The van der Waals surface area contributed by atoms with Crippen molar-refractivity contribution in [1.29, 1.82) is 0 Å². The van der Waals surface area contributed by atoms with Crippen LogP contribution in [0.2, 0.25) is 0 Å². The summed E-state index contributed by atoms with van der Waals surface area (Å²) in [5.41, 5.74) is 0.787. The highest BCUT2D eigenvalue weighted by molar-refractivity contribution is 5.94. The van der Waals surface area contributed by atoms with E-state index in [1.54, 1.807) is 0 Å². The van der Waals surface area contributed by atoms with Crippen LogP contribution >= 0.6 is 0 Å². The Kier molecular flexibility index (Phi) is 3.95. The molecule has 0 radical (unpaired) electrons. The number of hydrogen-bond acceptors (Lipinski definition) is 2. The molecule has 3 heteroatoms. The maximum Gasteiger partial charge on any atom is 0.253 e. The number of rotatable bonds is 7. The summed E-state index contributed by atoms with van der Waals surface area (Å²) in [4.78, 5) is 14.7. The molecule has 0 bridgehead atoms. The standard InChI is InChI=1S/C17H23NO2/c1-2-20-16-9-7-15(8-10-16)17(19)18(11-13-3-4-13)12-14-5-6-14/h7-10,13-14H,2-6,11-12H2,1H3. The molecule has 2 aliphatic rings. The fourth-order valence-corrected chi connectivity index (χ4v) is 2.51. The lowest BCUT2D eigenvalue weighted by atomic mass is 10.1. The van der Waals surface area contributed by atoms with E-state index in [0.717, 1.165) is 36.2 Å². The lowest BCUT2D eigenvalue weighted by molar-refractivity contribution is 0.0739. The van der Waals surface area contributed by atoms with Crippen LogP contribution in [-0.2, 0) is 0 Å². The minimum absolute atomic E-state index is 0.187. The van der Waals surface area contributed by atoms with Gasteiger partial charge in [0, 0.05) is 18.7 Å². The second kappa shape index (κ2) is 5.86. The van der Waals surface area contributed by atoms with E-state index in [9.17, 15) is 4.79 Å². The lowest BCUT2D eigenvalue weighted by Gasteiger charge is -2.22. The second-order valence-corrected chi connectivity index (χ2v) is 6.05. The second-order valence-electron chi connectivity index (χ2n) is 6.05. The van der Waals surface area contributed by atoms with Gasteiger partial charge in [-0.25, -0.2) is 0 Å². The average Bonchev–Trinajstić information content (AvgIpc) is 3.34. The van der Waals surface area contributed by atoms with Crippen molar-refractivity contribution < 1.29 is 9.53 Å². The van der Waals surface area contributed by atoms with Gasteiger partial charge >= 0.3 is 0 Å². The lowest BCUT2D eigenvalue weighted by Crippen LogP contribution is -2.34. The van der Waals surface area contributed by atoms with Crippen molar-refractivity contribution in [3.05, 3.63) is 29.8 Å². The Hall–Kier alpha value is -1.51. The maximum absolute atomic E-state index is 12.6. The average molecular weight is 273 g/mol. The van der Waals surface area contributed by atoms with E-state index in [4.69, 9.17) is 4.74 Å². The normalized spacial score (nSPS) is 17.9. The van der Waals surface area contributed by atoms with Gasteiger partial charge in [0.2, 0.25) is 0 Å². The van der Waals surface area contributed by atoms with Gasteiger partial charge in [-0.15, -0.1) is 0 Å². The zero-order valence-corrected chi connectivity index (χ0v) is 12.2. The Morgan fingerprint density at radius 2 is 1.65 bits per heavy atom. The van der Waals surface area contributed by atoms with Gasteiger partial charge in [-0.05, 0) is 68.7 Å². The largest absolute Gasteiger partial charge is 0.494 e. The van der Waals surface area contributed by atoms with Gasteiger partial charge in [-0.2, -0.15) is 0 Å². The van der Waals surface area contributed by atoms with Crippen LogP contribution in [-0.4, -0.2) is 30.5 Å². The first kappa shape index (κ1) is 13.5.